The first-order valence-corrected chi connectivity index (χ1v) is 8.21. The number of ketones is 1. The van der Waals surface area contributed by atoms with Crippen LogP contribution in [0.5, 0.6) is 5.75 Å². The maximum atomic E-state index is 12.2. The van der Waals surface area contributed by atoms with Crippen molar-refractivity contribution in [2.24, 2.45) is 5.92 Å². The van der Waals surface area contributed by atoms with E-state index in [1.165, 1.54) is 19.9 Å². The van der Waals surface area contributed by atoms with Gasteiger partial charge in [-0.05, 0) is 32.0 Å². The fourth-order valence-electron chi connectivity index (χ4n) is 2.23. The number of carbonyl (C=O) groups is 1. The molecular weight excluding hydrogens is 324 g/mol. The molecule has 0 saturated heterocycles. The zero-order valence-corrected chi connectivity index (χ0v) is 14.9. The maximum absolute atomic E-state index is 12.2. The molecule has 2 N–H and O–H groups in total. The summed E-state index contributed by atoms with van der Waals surface area (Å²) in [6, 6.07) is 6.32. The van der Waals surface area contributed by atoms with Crippen molar-refractivity contribution < 1.29 is 24.2 Å². The molecular formula is C19H24O6. The molecule has 136 valence electrons. The number of rotatable bonds is 7. The van der Waals surface area contributed by atoms with Crippen molar-refractivity contribution >= 4 is 16.8 Å². The summed E-state index contributed by atoms with van der Waals surface area (Å²) in [5.74, 6) is 0.145. The molecule has 0 aliphatic rings. The van der Waals surface area contributed by atoms with Gasteiger partial charge in [0.25, 0.3) is 0 Å². The van der Waals surface area contributed by atoms with Gasteiger partial charge in [-0.15, -0.1) is 0 Å². The predicted octanol–water partition coefficient (Wildman–Crippen LogP) is 2.07. The summed E-state index contributed by atoms with van der Waals surface area (Å²) >= 11 is 0. The Balaban J connectivity index is 2.44. The average Bonchev–Trinajstić information content (AvgIpc) is 2.52. The Morgan fingerprint density at radius 1 is 1.24 bits per heavy atom. The first-order chi connectivity index (χ1) is 11.6. The van der Waals surface area contributed by atoms with Crippen LogP contribution in [0.25, 0.3) is 11.0 Å². The van der Waals surface area contributed by atoms with Crippen LogP contribution in [-0.4, -0.2) is 34.3 Å². The van der Waals surface area contributed by atoms with Crippen LogP contribution in [0.2, 0.25) is 0 Å². The van der Waals surface area contributed by atoms with Crippen molar-refractivity contribution in [3.05, 3.63) is 40.2 Å². The second-order valence-electron chi connectivity index (χ2n) is 6.99. The lowest BCUT2D eigenvalue weighted by atomic mass is 9.98. The van der Waals surface area contributed by atoms with Crippen LogP contribution >= 0.6 is 0 Å². The molecule has 0 aliphatic heterocycles. The highest BCUT2D eigenvalue weighted by Gasteiger charge is 2.26. The van der Waals surface area contributed by atoms with E-state index in [2.05, 4.69) is 0 Å². The van der Waals surface area contributed by atoms with Crippen molar-refractivity contribution in [3.63, 3.8) is 0 Å². The van der Waals surface area contributed by atoms with E-state index >= 15 is 0 Å². The lowest BCUT2D eigenvalue weighted by Crippen LogP contribution is -2.40. The van der Waals surface area contributed by atoms with Gasteiger partial charge in [-0.2, -0.15) is 0 Å². The van der Waals surface area contributed by atoms with Gasteiger partial charge >= 0.3 is 5.63 Å². The molecule has 1 unspecified atom stereocenters. The summed E-state index contributed by atoms with van der Waals surface area (Å²) < 4.78 is 10.9. The SMILES string of the molecule is CC(C)C(=O)Cc1c(OCC(O)C(C)(C)O)ccc2ccc(=O)oc12. The van der Waals surface area contributed by atoms with E-state index in [0.29, 0.717) is 22.3 Å². The molecule has 0 spiro atoms. The van der Waals surface area contributed by atoms with Crippen molar-refractivity contribution in [2.45, 2.75) is 45.8 Å². The highest BCUT2D eigenvalue weighted by molar-refractivity contribution is 5.90. The number of ether oxygens (including phenoxy) is 1. The number of fused-ring (bicyclic) bond motifs is 1. The highest BCUT2D eigenvalue weighted by Crippen LogP contribution is 2.29. The molecule has 0 bridgehead atoms. The van der Waals surface area contributed by atoms with Crippen molar-refractivity contribution in [3.8, 4) is 5.75 Å². The Kier molecular flexibility index (Phi) is 5.65. The summed E-state index contributed by atoms with van der Waals surface area (Å²) in [6.07, 6.45) is -1.06. The minimum atomic E-state index is -1.32. The number of carbonyl (C=O) groups excluding carboxylic acids is 1. The molecule has 1 heterocycles. The second-order valence-corrected chi connectivity index (χ2v) is 6.99. The molecule has 1 aromatic heterocycles. The van der Waals surface area contributed by atoms with E-state index in [1.54, 1.807) is 32.0 Å². The lowest BCUT2D eigenvalue weighted by molar-refractivity contribution is -0.121. The molecule has 0 saturated carbocycles. The fourth-order valence-corrected chi connectivity index (χ4v) is 2.23. The van der Waals surface area contributed by atoms with Gasteiger partial charge in [-0.25, -0.2) is 4.79 Å². The van der Waals surface area contributed by atoms with Gasteiger partial charge in [-0.1, -0.05) is 13.8 Å². The van der Waals surface area contributed by atoms with Gasteiger partial charge in [0, 0.05) is 29.4 Å². The molecule has 1 aromatic carbocycles. The summed E-state index contributed by atoms with van der Waals surface area (Å²) in [6.45, 7) is 6.38. The number of hydrogen-bond donors (Lipinski definition) is 2. The van der Waals surface area contributed by atoms with E-state index in [0.717, 1.165) is 0 Å². The summed E-state index contributed by atoms with van der Waals surface area (Å²) in [7, 11) is 0. The number of aliphatic hydroxyl groups is 2. The zero-order chi connectivity index (χ0) is 18.8. The van der Waals surface area contributed by atoms with Crippen LogP contribution in [0, 0.1) is 5.92 Å². The largest absolute Gasteiger partial charge is 0.490 e. The number of benzene rings is 1. The summed E-state index contributed by atoms with van der Waals surface area (Å²) in [5.41, 5.74) is -1.06. The van der Waals surface area contributed by atoms with Crippen LogP contribution in [0.4, 0.5) is 0 Å². The molecule has 0 aliphatic carbocycles. The standard InChI is InChI=1S/C19H24O6/c1-11(2)14(20)9-13-15(24-10-16(21)19(3,4)23)7-5-12-6-8-17(22)25-18(12)13/h5-8,11,16,21,23H,9-10H2,1-4H3. The third kappa shape index (κ3) is 4.67. The summed E-state index contributed by atoms with van der Waals surface area (Å²) in [4.78, 5) is 23.8. The molecule has 6 heteroatoms. The average molecular weight is 348 g/mol. The Labute approximate surface area is 146 Å². The van der Waals surface area contributed by atoms with Crippen LogP contribution in [0.3, 0.4) is 0 Å². The van der Waals surface area contributed by atoms with Crippen LogP contribution in [0.15, 0.2) is 33.5 Å². The first kappa shape index (κ1) is 19.1. The summed E-state index contributed by atoms with van der Waals surface area (Å²) in [5, 5.41) is 20.4. The third-order valence-corrected chi connectivity index (χ3v) is 4.06. The predicted molar refractivity (Wildman–Crippen MR) is 93.8 cm³/mol. The fraction of sp³-hybridized carbons (Fsp3) is 0.474. The smallest absolute Gasteiger partial charge is 0.336 e. The lowest BCUT2D eigenvalue weighted by Gasteiger charge is -2.25. The van der Waals surface area contributed by atoms with E-state index in [-0.39, 0.29) is 24.7 Å². The maximum Gasteiger partial charge on any atom is 0.336 e. The van der Waals surface area contributed by atoms with Gasteiger partial charge in [0.05, 0.1) is 5.60 Å². The minimum absolute atomic E-state index is 0.0214. The minimum Gasteiger partial charge on any atom is -0.490 e. The van der Waals surface area contributed by atoms with Crippen molar-refractivity contribution in [2.75, 3.05) is 6.61 Å². The molecule has 0 radical (unpaired) electrons. The van der Waals surface area contributed by atoms with Crippen LogP contribution in [-0.2, 0) is 11.2 Å². The number of hydrogen-bond acceptors (Lipinski definition) is 6. The Morgan fingerprint density at radius 3 is 2.48 bits per heavy atom. The third-order valence-electron chi connectivity index (χ3n) is 4.06. The van der Waals surface area contributed by atoms with Gasteiger partial charge in [0.2, 0.25) is 0 Å². The van der Waals surface area contributed by atoms with Crippen molar-refractivity contribution in [1.82, 2.24) is 0 Å². The van der Waals surface area contributed by atoms with Crippen LogP contribution < -0.4 is 10.4 Å². The van der Waals surface area contributed by atoms with Gasteiger partial charge in [0.1, 0.15) is 29.8 Å². The normalized spacial score (nSPS) is 13.2. The van der Waals surface area contributed by atoms with Crippen LogP contribution in [0.1, 0.15) is 33.3 Å². The quantitative estimate of drug-likeness (QED) is 0.744. The molecule has 2 rings (SSSR count). The molecule has 2 aromatic rings. The topological polar surface area (TPSA) is 97.0 Å². The molecule has 1 atom stereocenters. The number of aliphatic hydroxyl groups excluding tert-OH is 1. The Bertz CT molecular complexity index is 813. The van der Waals surface area contributed by atoms with Gasteiger partial charge in [-0.3, -0.25) is 4.79 Å². The van der Waals surface area contributed by atoms with Gasteiger partial charge < -0.3 is 19.4 Å². The Hall–Kier alpha value is -2.18. The molecule has 0 fully saturated rings. The monoisotopic (exact) mass is 348 g/mol. The second kappa shape index (κ2) is 7.37. The zero-order valence-electron chi connectivity index (χ0n) is 14.9. The van der Waals surface area contributed by atoms with Crippen molar-refractivity contribution in [1.29, 1.82) is 0 Å². The molecule has 0 amide bonds. The molecule has 6 nitrogen and oxygen atoms in total. The van der Waals surface area contributed by atoms with E-state index in [1.807, 2.05) is 0 Å². The highest BCUT2D eigenvalue weighted by atomic mass is 16.5. The van der Waals surface area contributed by atoms with E-state index < -0.39 is 17.3 Å². The molecule has 25 heavy (non-hydrogen) atoms. The van der Waals surface area contributed by atoms with Gasteiger partial charge in [0.15, 0.2) is 0 Å². The Morgan fingerprint density at radius 2 is 1.88 bits per heavy atom. The van der Waals surface area contributed by atoms with E-state index in [9.17, 15) is 19.8 Å². The van der Waals surface area contributed by atoms with E-state index in [4.69, 9.17) is 9.15 Å². The number of Topliss-reactive ketones (excluding diaryl/α,β-unsaturated/α-hetero) is 1. The first-order valence-electron chi connectivity index (χ1n) is 8.21.